The molecule has 4 N–H and O–H groups in total. The zero-order chi connectivity index (χ0) is 21.8. The third-order valence-electron chi connectivity index (χ3n) is 5.36. The minimum Gasteiger partial charge on any atom is -0.491 e. The molecule has 1 fully saturated rings. The number of carbonyl (C=O) groups is 1. The number of para-hydroxylation sites is 1. The zero-order valence-corrected chi connectivity index (χ0v) is 17.7. The lowest BCUT2D eigenvalue weighted by Crippen LogP contribution is -2.22. The Morgan fingerprint density at radius 3 is 2.73 bits per heavy atom. The first kappa shape index (κ1) is 24.1. The Kier molecular flexibility index (Phi) is 10.6. The molecule has 0 heterocycles. The summed E-state index contributed by atoms with van der Waals surface area (Å²) in [5.74, 6) is 0.446. The molecule has 1 aromatic rings. The van der Waals surface area contributed by atoms with Crippen LogP contribution in [0.2, 0.25) is 0 Å². The Balaban J connectivity index is 1.78. The minimum absolute atomic E-state index is 0.0697. The van der Waals surface area contributed by atoms with Gasteiger partial charge in [0.05, 0.1) is 12.2 Å². The fourth-order valence-electron chi connectivity index (χ4n) is 3.75. The van der Waals surface area contributed by atoms with Crippen molar-refractivity contribution < 1.29 is 24.9 Å². The molecule has 0 aliphatic heterocycles. The van der Waals surface area contributed by atoms with Gasteiger partial charge in [0.2, 0.25) is 5.91 Å². The summed E-state index contributed by atoms with van der Waals surface area (Å²) in [6.45, 7) is 2.68. The number of allylic oxidation sites excluding steroid dienone is 2. The number of rotatable bonds is 12. The topological polar surface area (TPSA) is 99.0 Å². The van der Waals surface area contributed by atoms with Crippen LogP contribution in [0.1, 0.15) is 39.0 Å². The van der Waals surface area contributed by atoms with Gasteiger partial charge in [-0.15, -0.1) is 0 Å². The van der Waals surface area contributed by atoms with E-state index in [-0.39, 0.29) is 24.3 Å². The van der Waals surface area contributed by atoms with Crippen molar-refractivity contribution in [2.24, 2.45) is 11.8 Å². The molecule has 0 aromatic heterocycles. The van der Waals surface area contributed by atoms with Gasteiger partial charge in [-0.3, -0.25) is 4.79 Å². The number of aliphatic hydroxyl groups is 3. The molecule has 1 aliphatic carbocycles. The highest BCUT2D eigenvalue weighted by Gasteiger charge is 2.39. The summed E-state index contributed by atoms with van der Waals surface area (Å²) >= 11 is 0. The van der Waals surface area contributed by atoms with Crippen molar-refractivity contribution in [3.63, 3.8) is 0 Å². The number of unbranched alkanes of at least 4 members (excludes halogenated alkanes) is 1. The molecular weight excluding hydrogens is 382 g/mol. The molecule has 0 spiro atoms. The van der Waals surface area contributed by atoms with Gasteiger partial charge in [-0.25, -0.2) is 0 Å². The highest BCUT2D eigenvalue weighted by molar-refractivity contribution is 5.75. The Hall–Kier alpha value is -2.15. The van der Waals surface area contributed by atoms with Gasteiger partial charge in [-0.1, -0.05) is 42.5 Å². The molecule has 1 amide bonds. The van der Waals surface area contributed by atoms with Crippen LogP contribution in [0, 0.1) is 11.8 Å². The van der Waals surface area contributed by atoms with Crippen LogP contribution in [0.4, 0.5) is 0 Å². The van der Waals surface area contributed by atoms with Crippen LogP contribution in [-0.4, -0.2) is 52.7 Å². The highest BCUT2D eigenvalue weighted by atomic mass is 16.5. The standard InChI is InChI=1S/C24H35NO5/c1-2-25-24(29)13-9-4-3-8-12-20-21(23(28)16-22(20)27)15-14-18(26)17-30-19-10-6-5-7-11-19/h3,5-8,10-11,14-15,18,20-23,26-28H,2,4,9,12-13,16-17H2,1H3,(H,25,29)/b8-3+,15-14+. The van der Waals surface area contributed by atoms with E-state index in [4.69, 9.17) is 4.74 Å². The van der Waals surface area contributed by atoms with Crippen LogP contribution in [-0.2, 0) is 4.79 Å². The first-order valence-electron chi connectivity index (χ1n) is 10.8. The molecule has 1 saturated carbocycles. The smallest absolute Gasteiger partial charge is 0.219 e. The monoisotopic (exact) mass is 417 g/mol. The first-order chi connectivity index (χ1) is 14.5. The summed E-state index contributed by atoms with van der Waals surface area (Å²) in [5.41, 5.74) is 0. The van der Waals surface area contributed by atoms with Crippen LogP contribution in [0.3, 0.4) is 0 Å². The lowest BCUT2D eigenvalue weighted by molar-refractivity contribution is -0.121. The highest BCUT2D eigenvalue weighted by Crippen LogP contribution is 2.36. The van der Waals surface area contributed by atoms with Crippen molar-refractivity contribution >= 4 is 5.91 Å². The number of hydrogen-bond acceptors (Lipinski definition) is 5. The molecule has 1 aliphatic rings. The molecule has 0 bridgehead atoms. The van der Waals surface area contributed by atoms with Crippen LogP contribution >= 0.6 is 0 Å². The van der Waals surface area contributed by atoms with Gasteiger partial charge in [0.1, 0.15) is 18.5 Å². The number of amides is 1. The van der Waals surface area contributed by atoms with Gasteiger partial charge >= 0.3 is 0 Å². The molecular formula is C24H35NO5. The quantitative estimate of drug-likeness (QED) is 0.310. The third-order valence-corrected chi connectivity index (χ3v) is 5.36. The average Bonchev–Trinajstić information content (AvgIpc) is 3.00. The molecule has 2 rings (SSSR count). The maximum absolute atomic E-state index is 11.4. The SMILES string of the molecule is CCNC(=O)CCC/C=C/CC1C(O)CC(O)C1/C=C/C(O)COc1ccccc1. The van der Waals surface area contributed by atoms with Crippen LogP contribution in [0.15, 0.2) is 54.6 Å². The fraction of sp³-hybridized carbons (Fsp3) is 0.542. The second-order valence-corrected chi connectivity index (χ2v) is 7.74. The molecule has 0 radical (unpaired) electrons. The molecule has 166 valence electrons. The van der Waals surface area contributed by atoms with Gasteiger partial charge in [0, 0.05) is 25.3 Å². The van der Waals surface area contributed by atoms with Crippen molar-refractivity contribution in [3.05, 3.63) is 54.6 Å². The van der Waals surface area contributed by atoms with Crippen molar-refractivity contribution in [3.8, 4) is 5.75 Å². The van der Waals surface area contributed by atoms with Crippen molar-refractivity contribution in [1.29, 1.82) is 0 Å². The Morgan fingerprint density at radius 1 is 1.23 bits per heavy atom. The number of aliphatic hydroxyl groups excluding tert-OH is 3. The molecule has 1 aromatic carbocycles. The summed E-state index contributed by atoms with van der Waals surface area (Å²) in [6, 6.07) is 9.28. The predicted molar refractivity (Wildman–Crippen MR) is 117 cm³/mol. The van der Waals surface area contributed by atoms with E-state index in [1.165, 1.54) is 0 Å². The van der Waals surface area contributed by atoms with Gasteiger partial charge in [-0.2, -0.15) is 0 Å². The molecule has 30 heavy (non-hydrogen) atoms. The van der Waals surface area contributed by atoms with Gasteiger partial charge in [-0.05, 0) is 44.2 Å². The van der Waals surface area contributed by atoms with Crippen LogP contribution in [0.5, 0.6) is 5.75 Å². The second-order valence-electron chi connectivity index (χ2n) is 7.74. The maximum Gasteiger partial charge on any atom is 0.219 e. The Morgan fingerprint density at radius 2 is 2.00 bits per heavy atom. The largest absolute Gasteiger partial charge is 0.491 e. The van der Waals surface area contributed by atoms with E-state index in [0.717, 1.165) is 12.8 Å². The third kappa shape index (κ3) is 8.30. The van der Waals surface area contributed by atoms with E-state index in [1.807, 2.05) is 49.4 Å². The van der Waals surface area contributed by atoms with Gasteiger partial charge < -0.3 is 25.4 Å². The molecule has 6 nitrogen and oxygen atoms in total. The van der Waals surface area contributed by atoms with E-state index in [0.29, 0.717) is 31.6 Å². The first-order valence-corrected chi connectivity index (χ1v) is 10.8. The van der Waals surface area contributed by atoms with Crippen molar-refractivity contribution in [2.45, 2.75) is 57.3 Å². The van der Waals surface area contributed by atoms with Gasteiger partial charge in [0.15, 0.2) is 0 Å². The Bertz CT molecular complexity index is 675. The lowest BCUT2D eigenvalue weighted by atomic mass is 9.89. The lowest BCUT2D eigenvalue weighted by Gasteiger charge is -2.19. The summed E-state index contributed by atoms with van der Waals surface area (Å²) in [4.78, 5) is 11.4. The molecule has 5 unspecified atom stereocenters. The number of nitrogens with one attached hydrogen (secondary N) is 1. The second kappa shape index (κ2) is 13.2. The average molecular weight is 418 g/mol. The van der Waals surface area contributed by atoms with Crippen LogP contribution in [0.25, 0.3) is 0 Å². The van der Waals surface area contributed by atoms with E-state index in [9.17, 15) is 20.1 Å². The summed E-state index contributed by atoms with van der Waals surface area (Å²) in [5, 5.41) is 33.6. The van der Waals surface area contributed by atoms with E-state index in [1.54, 1.807) is 12.2 Å². The minimum atomic E-state index is -0.791. The summed E-state index contributed by atoms with van der Waals surface area (Å²) < 4.78 is 5.54. The summed E-state index contributed by atoms with van der Waals surface area (Å²) in [6.07, 6.45) is 8.56. The predicted octanol–water partition coefficient (Wildman–Crippen LogP) is 2.59. The number of benzene rings is 1. The van der Waals surface area contributed by atoms with E-state index in [2.05, 4.69) is 5.32 Å². The number of ether oxygens (including phenoxy) is 1. The summed E-state index contributed by atoms with van der Waals surface area (Å²) in [7, 11) is 0. The van der Waals surface area contributed by atoms with Gasteiger partial charge in [0.25, 0.3) is 0 Å². The maximum atomic E-state index is 11.4. The van der Waals surface area contributed by atoms with Crippen LogP contribution < -0.4 is 10.1 Å². The van der Waals surface area contributed by atoms with Crippen molar-refractivity contribution in [2.75, 3.05) is 13.2 Å². The fourth-order valence-corrected chi connectivity index (χ4v) is 3.75. The zero-order valence-electron chi connectivity index (χ0n) is 17.7. The number of carbonyl (C=O) groups excluding carboxylic acids is 1. The van der Waals surface area contributed by atoms with E-state index < -0.39 is 18.3 Å². The molecule has 5 atom stereocenters. The van der Waals surface area contributed by atoms with E-state index >= 15 is 0 Å². The number of hydrogen-bond donors (Lipinski definition) is 4. The molecule has 6 heteroatoms. The van der Waals surface area contributed by atoms with Crippen molar-refractivity contribution in [1.82, 2.24) is 5.32 Å². The normalized spacial score (nSPS) is 25.1. The Labute approximate surface area is 179 Å². The molecule has 0 saturated heterocycles.